The van der Waals surface area contributed by atoms with Gasteiger partial charge in [0.1, 0.15) is 34.7 Å². The van der Waals surface area contributed by atoms with Crippen molar-refractivity contribution in [2.75, 3.05) is 12.4 Å². The number of nitro benzene ring substituents is 1. The monoisotopic (exact) mass is 405 g/mol. The van der Waals surface area contributed by atoms with E-state index >= 15 is 0 Å². The van der Waals surface area contributed by atoms with Crippen LogP contribution in [-0.4, -0.2) is 23.0 Å². The maximum absolute atomic E-state index is 12.3. The van der Waals surface area contributed by atoms with Gasteiger partial charge in [0.25, 0.3) is 11.6 Å². The van der Waals surface area contributed by atoms with Crippen molar-refractivity contribution in [1.29, 1.82) is 5.26 Å². The average molecular weight is 405 g/mol. The van der Waals surface area contributed by atoms with Gasteiger partial charge in [0.05, 0.1) is 23.7 Å². The van der Waals surface area contributed by atoms with Crippen LogP contribution in [0.3, 0.4) is 0 Å². The van der Waals surface area contributed by atoms with E-state index in [0.717, 1.165) is 0 Å². The van der Waals surface area contributed by atoms with E-state index in [1.807, 2.05) is 6.07 Å². The first-order chi connectivity index (χ1) is 14.4. The summed E-state index contributed by atoms with van der Waals surface area (Å²) >= 11 is 0. The number of benzene rings is 2. The van der Waals surface area contributed by atoms with E-state index in [9.17, 15) is 25.3 Å². The molecule has 3 rings (SSSR count). The summed E-state index contributed by atoms with van der Waals surface area (Å²) < 4.78 is 10.9. The van der Waals surface area contributed by atoms with Crippen molar-refractivity contribution < 1.29 is 24.0 Å². The van der Waals surface area contributed by atoms with E-state index in [4.69, 9.17) is 9.15 Å². The lowest BCUT2D eigenvalue weighted by Gasteiger charge is -2.06. The van der Waals surface area contributed by atoms with Crippen LogP contribution in [0.4, 0.5) is 11.4 Å². The van der Waals surface area contributed by atoms with Crippen LogP contribution in [-0.2, 0) is 4.79 Å². The van der Waals surface area contributed by atoms with Crippen molar-refractivity contribution in [2.24, 2.45) is 0 Å². The molecule has 1 amide bonds. The average Bonchev–Trinajstić information content (AvgIpc) is 3.21. The zero-order valence-corrected chi connectivity index (χ0v) is 15.7. The standard InChI is InChI=1S/C21H15N3O6/c1-29-20-11-15(24(27)28)4-8-18(20)19-9-7-17(30-19)10-13(12-22)21(26)23-14-2-5-16(25)6-3-14/h2-11,25H,1H3,(H,23,26)/b13-10+. The summed E-state index contributed by atoms with van der Waals surface area (Å²) in [6.07, 6.45) is 1.27. The number of methoxy groups -OCH3 is 1. The van der Waals surface area contributed by atoms with E-state index in [1.165, 1.54) is 55.7 Å². The molecule has 1 aromatic heterocycles. The molecule has 2 N–H and O–H groups in total. The predicted octanol–water partition coefficient (Wildman–Crippen LogP) is 4.11. The lowest BCUT2D eigenvalue weighted by Crippen LogP contribution is -2.13. The Morgan fingerprint density at radius 3 is 2.60 bits per heavy atom. The molecule has 9 nitrogen and oxygen atoms in total. The molecule has 0 aliphatic carbocycles. The summed E-state index contributed by atoms with van der Waals surface area (Å²) in [5.74, 6) is 0.245. The van der Waals surface area contributed by atoms with Crippen molar-refractivity contribution in [1.82, 2.24) is 0 Å². The van der Waals surface area contributed by atoms with Crippen molar-refractivity contribution in [3.8, 4) is 28.9 Å². The number of carbonyl (C=O) groups is 1. The minimum atomic E-state index is -0.644. The molecule has 0 unspecified atom stereocenters. The topological polar surface area (TPSA) is 139 Å². The van der Waals surface area contributed by atoms with Gasteiger partial charge in [-0.05, 0) is 42.5 Å². The quantitative estimate of drug-likeness (QED) is 0.207. The smallest absolute Gasteiger partial charge is 0.273 e. The number of phenolic OH excluding ortho intramolecular Hbond substituents is 1. The highest BCUT2D eigenvalue weighted by Gasteiger charge is 2.16. The van der Waals surface area contributed by atoms with Crippen LogP contribution in [0.1, 0.15) is 5.76 Å². The summed E-state index contributed by atoms with van der Waals surface area (Å²) in [6.45, 7) is 0. The number of anilines is 1. The Morgan fingerprint density at radius 1 is 1.23 bits per heavy atom. The zero-order valence-electron chi connectivity index (χ0n) is 15.7. The fraction of sp³-hybridized carbons (Fsp3) is 0.0476. The maximum atomic E-state index is 12.3. The van der Waals surface area contributed by atoms with Gasteiger partial charge in [-0.15, -0.1) is 0 Å². The van der Waals surface area contributed by atoms with Crippen LogP contribution in [0, 0.1) is 21.4 Å². The number of hydrogen-bond donors (Lipinski definition) is 2. The molecule has 2 aromatic carbocycles. The molecular formula is C21H15N3O6. The number of rotatable bonds is 6. The van der Waals surface area contributed by atoms with Crippen molar-refractivity contribution in [3.05, 3.63) is 76.0 Å². The first-order valence-electron chi connectivity index (χ1n) is 8.56. The number of amides is 1. The molecule has 0 atom stereocenters. The summed E-state index contributed by atoms with van der Waals surface area (Å²) in [5, 5.41) is 32.1. The van der Waals surface area contributed by atoms with Crippen molar-refractivity contribution >= 4 is 23.4 Å². The molecule has 3 aromatic rings. The van der Waals surface area contributed by atoms with E-state index in [2.05, 4.69) is 5.32 Å². The number of nitrogens with one attached hydrogen (secondary N) is 1. The number of carbonyl (C=O) groups excluding carboxylic acids is 1. The Hall–Kier alpha value is -4.58. The van der Waals surface area contributed by atoms with E-state index in [-0.39, 0.29) is 28.5 Å². The number of nitriles is 1. The van der Waals surface area contributed by atoms with Gasteiger partial charge in [0.2, 0.25) is 0 Å². The number of furan rings is 1. The van der Waals surface area contributed by atoms with Crippen LogP contribution in [0.2, 0.25) is 0 Å². The fourth-order valence-corrected chi connectivity index (χ4v) is 2.61. The van der Waals surface area contributed by atoms with Crippen LogP contribution in [0.15, 0.2) is 64.6 Å². The van der Waals surface area contributed by atoms with Gasteiger partial charge >= 0.3 is 0 Å². The van der Waals surface area contributed by atoms with Crippen LogP contribution >= 0.6 is 0 Å². The molecule has 0 fully saturated rings. The second-order valence-electron chi connectivity index (χ2n) is 6.01. The van der Waals surface area contributed by atoms with E-state index < -0.39 is 10.8 Å². The molecule has 0 bridgehead atoms. The number of nitro groups is 1. The highest BCUT2D eigenvalue weighted by molar-refractivity contribution is 6.09. The zero-order chi connectivity index (χ0) is 21.7. The Morgan fingerprint density at radius 2 is 1.97 bits per heavy atom. The van der Waals surface area contributed by atoms with Crippen LogP contribution < -0.4 is 10.1 Å². The Labute approximate surface area is 170 Å². The van der Waals surface area contributed by atoms with Gasteiger partial charge in [-0.25, -0.2) is 0 Å². The van der Waals surface area contributed by atoms with E-state index in [1.54, 1.807) is 12.1 Å². The second kappa shape index (κ2) is 8.62. The minimum Gasteiger partial charge on any atom is -0.508 e. The number of non-ortho nitro benzene ring substituents is 1. The fourth-order valence-electron chi connectivity index (χ4n) is 2.61. The van der Waals surface area contributed by atoms with Crippen molar-refractivity contribution in [2.45, 2.75) is 0 Å². The lowest BCUT2D eigenvalue weighted by atomic mass is 10.1. The number of phenols is 1. The first kappa shape index (κ1) is 20.2. The molecule has 0 aliphatic heterocycles. The number of hydrogen-bond acceptors (Lipinski definition) is 7. The Kier molecular flexibility index (Phi) is 5.79. The van der Waals surface area contributed by atoms with Crippen molar-refractivity contribution in [3.63, 3.8) is 0 Å². The van der Waals surface area contributed by atoms with Crippen LogP contribution in [0.25, 0.3) is 17.4 Å². The Bertz CT molecular complexity index is 1170. The highest BCUT2D eigenvalue weighted by atomic mass is 16.6. The van der Waals surface area contributed by atoms with Gasteiger partial charge < -0.3 is 19.6 Å². The maximum Gasteiger partial charge on any atom is 0.273 e. The van der Waals surface area contributed by atoms with Gasteiger partial charge in [-0.2, -0.15) is 5.26 Å². The second-order valence-corrected chi connectivity index (χ2v) is 6.01. The molecule has 0 saturated carbocycles. The Balaban J connectivity index is 1.85. The normalized spacial score (nSPS) is 10.9. The molecule has 30 heavy (non-hydrogen) atoms. The summed E-state index contributed by atoms with van der Waals surface area (Å²) in [4.78, 5) is 22.7. The predicted molar refractivity (Wildman–Crippen MR) is 108 cm³/mol. The van der Waals surface area contributed by atoms with Gasteiger partial charge in [0, 0.05) is 17.8 Å². The third kappa shape index (κ3) is 4.45. The molecule has 0 radical (unpaired) electrons. The van der Waals surface area contributed by atoms with Crippen LogP contribution in [0.5, 0.6) is 11.5 Å². The SMILES string of the molecule is COc1cc([N+](=O)[O-])ccc1-c1ccc(/C=C(\C#N)C(=O)Nc2ccc(O)cc2)o1. The lowest BCUT2D eigenvalue weighted by molar-refractivity contribution is -0.384. The minimum absolute atomic E-state index is 0.0498. The van der Waals surface area contributed by atoms with Gasteiger partial charge in [-0.1, -0.05) is 0 Å². The molecule has 0 spiro atoms. The molecule has 9 heteroatoms. The molecule has 150 valence electrons. The molecule has 1 heterocycles. The molecule has 0 saturated heterocycles. The number of aromatic hydroxyl groups is 1. The largest absolute Gasteiger partial charge is 0.508 e. The third-order valence-corrected chi connectivity index (χ3v) is 4.07. The number of ether oxygens (including phenoxy) is 1. The molecular weight excluding hydrogens is 390 g/mol. The first-order valence-corrected chi connectivity index (χ1v) is 8.56. The molecule has 0 aliphatic rings. The summed E-state index contributed by atoms with van der Waals surface area (Å²) in [7, 11) is 1.38. The highest BCUT2D eigenvalue weighted by Crippen LogP contribution is 2.34. The summed E-state index contributed by atoms with van der Waals surface area (Å²) in [6, 6.07) is 14.9. The number of nitrogens with zero attached hydrogens (tertiary/aromatic N) is 2. The summed E-state index contributed by atoms with van der Waals surface area (Å²) in [5.41, 5.74) is 0.573. The van der Waals surface area contributed by atoms with E-state index in [0.29, 0.717) is 17.0 Å². The third-order valence-electron chi connectivity index (χ3n) is 4.07. The van der Waals surface area contributed by atoms with Gasteiger partial charge in [-0.3, -0.25) is 14.9 Å². The van der Waals surface area contributed by atoms with Gasteiger partial charge in [0.15, 0.2) is 0 Å².